The first-order valence-electron chi connectivity index (χ1n) is 7.55. The number of ether oxygens (including phenoxy) is 1. The lowest BCUT2D eigenvalue weighted by atomic mass is 10.2. The molecule has 130 valence electrons. The lowest BCUT2D eigenvalue weighted by Crippen LogP contribution is -2.20. The molecule has 1 aromatic heterocycles. The molecule has 0 saturated heterocycles. The van der Waals surface area contributed by atoms with Crippen LogP contribution in [0.15, 0.2) is 22.7 Å². The normalized spacial score (nSPS) is 11.2. The number of aromatic nitrogens is 2. The molecule has 7 nitrogen and oxygen atoms in total. The Kier molecular flexibility index (Phi) is 6.16. The second-order valence-electron chi connectivity index (χ2n) is 5.90. The maximum atomic E-state index is 10.7. The van der Waals surface area contributed by atoms with Crippen molar-refractivity contribution >= 4 is 17.5 Å². The predicted octanol–water partition coefficient (Wildman–Crippen LogP) is 2.34. The zero-order valence-corrected chi connectivity index (χ0v) is 14.7. The monoisotopic (exact) mass is 352 g/mol. The van der Waals surface area contributed by atoms with Gasteiger partial charge in [-0.05, 0) is 24.7 Å². The van der Waals surface area contributed by atoms with Crippen molar-refractivity contribution in [1.82, 2.24) is 15.0 Å². The molecule has 0 spiro atoms. The van der Waals surface area contributed by atoms with Crippen molar-refractivity contribution in [2.24, 2.45) is 5.73 Å². The molecule has 0 unspecified atom stereocenters. The minimum atomic E-state index is -0.546. The van der Waals surface area contributed by atoms with Crippen molar-refractivity contribution in [2.45, 2.75) is 32.9 Å². The number of benzene rings is 1. The minimum Gasteiger partial charge on any atom is -0.482 e. The SMILES string of the molecule is CC(C)c1nc(CN(C)Cc2ccc(OCC(N)=O)c(Cl)c2)no1. The summed E-state index contributed by atoms with van der Waals surface area (Å²) in [5.41, 5.74) is 6.05. The number of nitrogens with zero attached hydrogens (tertiary/aromatic N) is 3. The Morgan fingerprint density at radius 3 is 2.75 bits per heavy atom. The molecule has 24 heavy (non-hydrogen) atoms. The van der Waals surface area contributed by atoms with E-state index in [-0.39, 0.29) is 12.5 Å². The van der Waals surface area contributed by atoms with Crippen LogP contribution in [0, 0.1) is 0 Å². The van der Waals surface area contributed by atoms with Crippen LogP contribution in [-0.2, 0) is 17.9 Å². The standard InChI is InChI=1S/C16H21ClN4O3/c1-10(2)16-19-15(20-24-16)8-21(3)7-11-4-5-13(12(17)6-11)23-9-14(18)22/h4-6,10H,7-9H2,1-3H3,(H2,18,22). The van der Waals surface area contributed by atoms with Gasteiger partial charge in [0.25, 0.3) is 5.91 Å². The third kappa shape index (κ3) is 5.21. The molecular weight excluding hydrogens is 332 g/mol. The quantitative estimate of drug-likeness (QED) is 0.783. The molecule has 2 rings (SSSR count). The molecule has 8 heteroatoms. The Morgan fingerprint density at radius 1 is 1.42 bits per heavy atom. The highest BCUT2D eigenvalue weighted by Gasteiger charge is 2.12. The van der Waals surface area contributed by atoms with Crippen LogP contribution in [0.2, 0.25) is 5.02 Å². The zero-order valence-electron chi connectivity index (χ0n) is 14.0. The molecule has 0 radical (unpaired) electrons. The fourth-order valence-corrected chi connectivity index (χ4v) is 2.34. The van der Waals surface area contributed by atoms with Crippen LogP contribution in [0.3, 0.4) is 0 Å². The number of carbonyl (C=O) groups is 1. The molecule has 1 heterocycles. The summed E-state index contributed by atoms with van der Waals surface area (Å²) < 4.78 is 10.4. The van der Waals surface area contributed by atoms with Gasteiger partial charge in [-0.15, -0.1) is 0 Å². The van der Waals surface area contributed by atoms with Gasteiger partial charge in [0.15, 0.2) is 12.4 Å². The Hall–Kier alpha value is -2.12. The van der Waals surface area contributed by atoms with Gasteiger partial charge >= 0.3 is 0 Å². The molecule has 0 atom stereocenters. The topological polar surface area (TPSA) is 94.5 Å². The van der Waals surface area contributed by atoms with Crippen LogP contribution in [0.5, 0.6) is 5.75 Å². The lowest BCUT2D eigenvalue weighted by molar-refractivity contribution is -0.119. The van der Waals surface area contributed by atoms with Crippen LogP contribution in [-0.4, -0.2) is 34.6 Å². The summed E-state index contributed by atoms with van der Waals surface area (Å²) in [6.45, 7) is 5.03. The number of carbonyl (C=O) groups excluding carboxylic acids is 1. The Labute approximate surface area is 145 Å². The summed E-state index contributed by atoms with van der Waals surface area (Å²) in [7, 11) is 1.96. The van der Waals surface area contributed by atoms with E-state index in [0.717, 1.165) is 5.56 Å². The van der Waals surface area contributed by atoms with Gasteiger partial charge in [-0.3, -0.25) is 9.69 Å². The van der Waals surface area contributed by atoms with Crippen LogP contribution < -0.4 is 10.5 Å². The Balaban J connectivity index is 1.94. The van der Waals surface area contributed by atoms with Crippen molar-refractivity contribution in [2.75, 3.05) is 13.7 Å². The molecule has 1 amide bonds. The number of rotatable bonds is 8. The molecule has 2 N–H and O–H groups in total. The number of nitrogens with two attached hydrogens (primary N) is 1. The summed E-state index contributed by atoms with van der Waals surface area (Å²) in [5, 5.41) is 4.41. The molecular formula is C16H21ClN4O3. The summed E-state index contributed by atoms with van der Waals surface area (Å²) in [4.78, 5) is 17.1. The number of amides is 1. The Bertz CT molecular complexity index is 702. The maximum absolute atomic E-state index is 10.7. The molecule has 0 bridgehead atoms. The largest absolute Gasteiger partial charge is 0.482 e. The first kappa shape index (κ1) is 18.2. The average Bonchev–Trinajstić information content (AvgIpc) is 2.94. The van der Waals surface area contributed by atoms with E-state index in [0.29, 0.717) is 35.6 Å². The van der Waals surface area contributed by atoms with Crippen LogP contribution in [0.1, 0.15) is 37.0 Å². The fraction of sp³-hybridized carbons (Fsp3) is 0.438. The first-order chi connectivity index (χ1) is 11.3. The van der Waals surface area contributed by atoms with Crippen molar-refractivity contribution in [3.05, 3.63) is 40.5 Å². The third-order valence-corrected chi connectivity index (χ3v) is 3.50. The molecule has 0 aliphatic carbocycles. The van der Waals surface area contributed by atoms with Gasteiger partial charge in [-0.1, -0.05) is 36.7 Å². The molecule has 0 fully saturated rings. The van der Waals surface area contributed by atoms with Gasteiger partial charge in [0.05, 0.1) is 11.6 Å². The molecule has 0 saturated carbocycles. The van der Waals surface area contributed by atoms with Gasteiger partial charge < -0.3 is 15.0 Å². The minimum absolute atomic E-state index is 0.199. The van der Waals surface area contributed by atoms with Crippen LogP contribution in [0.4, 0.5) is 0 Å². The Morgan fingerprint density at radius 2 is 2.17 bits per heavy atom. The predicted molar refractivity (Wildman–Crippen MR) is 89.7 cm³/mol. The summed E-state index contributed by atoms with van der Waals surface area (Å²) in [5.74, 6) is 1.38. The summed E-state index contributed by atoms with van der Waals surface area (Å²) in [6, 6.07) is 5.40. The number of primary amides is 1. The van der Waals surface area contributed by atoms with E-state index in [2.05, 4.69) is 10.1 Å². The molecule has 2 aromatic rings. The van der Waals surface area contributed by atoms with E-state index in [1.165, 1.54) is 0 Å². The van der Waals surface area contributed by atoms with Crippen LogP contribution in [0.25, 0.3) is 0 Å². The van der Waals surface area contributed by atoms with E-state index in [9.17, 15) is 4.79 Å². The highest BCUT2D eigenvalue weighted by molar-refractivity contribution is 6.32. The van der Waals surface area contributed by atoms with Crippen molar-refractivity contribution in [3.63, 3.8) is 0 Å². The van der Waals surface area contributed by atoms with Gasteiger partial charge in [-0.25, -0.2) is 0 Å². The van der Waals surface area contributed by atoms with Crippen molar-refractivity contribution < 1.29 is 14.1 Å². The van der Waals surface area contributed by atoms with Crippen molar-refractivity contribution in [3.8, 4) is 5.75 Å². The first-order valence-corrected chi connectivity index (χ1v) is 7.93. The van der Waals surface area contributed by atoms with E-state index < -0.39 is 5.91 Å². The third-order valence-electron chi connectivity index (χ3n) is 3.21. The summed E-state index contributed by atoms with van der Waals surface area (Å²) in [6.07, 6.45) is 0. The number of halogens is 1. The molecule has 0 aliphatic heterocycles. The molecule has 1 aromatic carbocycles. The van der Waals surface area contributed by atoms with E-state index >= 15 is 0 Å². The molecule has 0 aliphatic rings. The van der Waals surface area contributed by atoms with Gasteiger partial charge in [0.2, 0.25) is 5.89 Å². The highest BCUT2D eigenvalue weighted by atomic mass is 35.5. The van der Waals surface area contributed by atoms with Gasteiger partial charge in [0, 0.05) is 12.5 Å². The smallest absolute Gasteiger partial charge is 0.255 e. The highest BCUT2D eigenvalue weighted by Crippen LogP contribution is 2.26. The van der Waals surface area contributed by atoms with Gasteiger partial charge in [0.1, 0.15) is 5.75 Å². The summed E-state index contributed by atoms with van der Waals surface area (Å²) >= 11 is 6.16. The maximum Gasteiger partial charge on any atom is 0.255 e. The number of hydrogen-bond donors (Lipinski definition) is 1. The second-order valence-corrected chi connectivity index (χ2v) is 6.30. The van der Waals surface area contributed by atoms with Crippen LogP contribution >= 0.6 is 11.6 Å². The van der Waals surface area contributed by atoms with E-state index in [4.69, 9.17) is 26.6 Å². The van der Waals surface area contributed by atoms with E-state index in [1.807, 2.05) is 31.9 Å². The van der Waals surface area contributed by atoms with Gasteiger partial charge in [-0.2, -0.15) is 4.98 Å². The zero-order chi connectivity index (χ0) is 17.7. The number of hydrogen-bond acceptors (Lipinski definition) is 6. The van der Waals surface area contributed by atoms with E-state index in [1.54, 1.807) is 12.1 Å². The fourth-order valence-electron chi connectivity index (χ4n) is 2.08. The van der Waals surface area contributed by atoms with Crippen molar-refractivity contribution in [1.29, 1.82) is 0 Å². The average molecular weight is 353 g/mol. The second kappa shape index (κ2) is 8.12. The lowest BCUT2D eigenvalue weighted by Gasteiger charge is -2.15.